The molecule has 1 aliphatic rings. The van der Waals surface area contributed by atoms with Gasteiger partial charge in [-0.2, -0.15) is 4.99 Å². The molecule has 0 bridgehead atoms. The van der Waals surface area contributed by atoms with Crippen LogP contribution < -0.4 is 5.73 Å². The standard InChI is InChI=1S/C14H14N4O/c15-13-8-16-12-7-10(3-4-11(12)18-13)14(17-9-19)5-1-2-6-14/h3-4,7-8H,1-2,5-6H2,(H2,15,18). The van der Waals surface area contributed by atoms with Gasteiger partial charge in [-0.15, -0.1) is 0 Å². The molecule has 0 atom stereocenters. The average molecular weight is 254 g/mol. The highest BCUT2D eigenvalue weighted by Gasteiger charge is 2.35. The molecule has 3 rings (SSSR count). The summed E-state index contributed by atoms with van der Waals surface area (Å²) in [5.74, 6) is 0.404. The van der Waals surface area contributed by atoms with Crippen molar-refractivity contribution in [3.8, 4) is 0 Å². The first kappa shape index (κ1) is 11.8. The smallest absolute Gasteiger partial charge is 0.235 e. The van der Waals surface area contributed by atoms with E-state index in [1.165, 1.54) is 6.20 Å². The number of hydrogen-bond acceptors (Lipinski definition) is 5. The Bertz CT molecular complexity index is 670. The lowest BCUT2D eigenvalue weighted by molar-refractivity contribution is 0.456. The SMILES string of the molecule is Nc1cnc2cc(C3(N=C=O)CCCC3)ccc2n1. The van der Waals surface area contributed by atoms with Crippen molar-refractivity contribution in [1.82, 2.24) is 9.97 Å². The summed E-state index contributed by atoms with van der Waals surface area (Å²) in [5, 5.41) is 0. The van der Waals surface area contributed by atoms with Gasteiger partial charge in [0.25, 0.3) is 0 Å². The molecule has 0 radical (unpaired) electrons. The van der Waals surface area contributed by atoms with E-state index in [1.807, 2.05) is 18.2 Å². The zero-order valence-corrected chi connectivity index (χ0v) is 10.5. The molecule has 1 aliphatic carbocycles. The highest BCUT2D eigenvalue weighted by molar-refractivity contribution is 5.76. The Morgan fingerprint density at radius 3 is 2.79 bits per heavy atom. The molecule has 5 nitrogen and oxygen atoms in total. The Balaban J connectivity index is 2.14. The number of rotatable bonds is 2. The van der Waals surface area contributed by atoms with Crippen LogP contribution in [0.4, 0.5) is 5.82 Å². The van der Waals surface area contributed by atoms with Crippen LogP contribution in [0.1, 0.15) is 31.2 Å². The summed E-state index contributed by atoms with van der Waals surface area (Å²) in [4.78, 5) is 23.3. The van der Waals surface area contributed by atoms with E-state index in [9.17, 15) is 4.79 Å². The molecular weight excluding hydrogens is 240 g/mol. The maximum absolute atomic E-state index is 10.7. The molecule has 1 aromatic heterocycles. The number of isocyanates is 1. The van der Waals surface area contributed by atoms with E-state index in [4.69, 9.17) is 5.73 Å². The Morgan fingerprint density at radius 2 is 2.05 bits per heavy atom. The summed E-state index contributed by atoms with van der Waals surface area (Å²) in [6, 6.07) is 5.80. The second-order valence-corrected chi connectivity index (χ2v) is 4.94. The summed E-state index contributed by atoms with van der Waals surface area (Å²) in [6.45, 7) is 0. The summed E-state index contributed by atoms with van der Waals surface area (Å²) in [6.07, 6.45) is 7.19. The summed E-state index contributed by atoms with van der Waals surface area (Å²) in [5.41, 5.74) is 7.74. The zero-order valence-electron chi connectivity index (χ0n) is 10.5. The van der Waals surface area contributed by atoms with E-state index < -0.39 is 5.54 Å². The van der Waals surface area contributed by atoms with E-state index in [-0.39, 0.29) is 0 Å². The number of carbonyl (C=O) groups excluding carboxylic acids is 1. The van der Waals surface area contributed by atoms with Crippen LogP contribution in [-0.4, -0.2) is 16.0 Å². The van der Waals surface area contributed by atoms with Crippen LogP contribution in [0, 0.1) is 0 Å². The highest BCUT2D eigenvalue weighted by Crippen LogP contribution is 2.42. The van der Waals surface area contributed by atoms with Gasteiger partial charge in [-0.1, -0.05) is 18.9 Å². The van der Waals surface area contributed by atoms with Gasteiger partial charge in [0.2, 0.25) is 6.08 Å². The Labute approximate surface area is 110 Å². The normalized spacial score (nSPS) is 17.3. The molecule has 0 aliphatic heterocycles. The number of nitrogen functional groups attached to an aromatic ring is 1. The third kappa shape index (κ3) is 1.98. The topological polar surface area (TPSA) is 81.2 Å². The summed E-state index contributed by atoms with van der Waals surface area (Å²) >= 11 is 0. The van der Waals surface area contributed by atoms with Crippen molar-refractivity contribution < 1.29 is 4.79 Å². The first-order chi connectivity index (χ1) is 9.23. The molecule has 96 valence electrons. The first-order valence-corrected chi connectivity index (χ1v) is 6.35. The molecule has 5 heteroatoms. The fraction of sp³-hybridized carbons (Fsp3) is 0.357. The van der Waals surface area contributed by atoms with Crippen LogP contribution in [0.3, 0.4) is 0 Å². The van der Waals surface area contributed by atoms with Gasteiger partial charge in [-0.3, -0.25) is 4.98 Å². The fourth-order valence-corrected chi connectivity index (χ4v) is 2.83. The fourth-order valence-electron chi connectivity index (χ4n) is 2.83. The monoisotopic (exact) mass is 254 g/mol. The molecule has 2 N–H and O–H groups in total. The molecule has 0 unspecified atom stereocenters. The molecule has 1 saturated carbocycles. The summed E-state index contributed by atoms with van der Waals surface area (Å²) in [7, 11) is 0. The van der Waals surface area contributed by atoms with Crippen molar-refractivity contribution in [2.45, 2.75) is 31.2 Å². The van der Waals surface area contributed by atoms with Gasteiger partial charge in [-0.25, -0.2) is 9.78 Å². The predicted octanol–water partition coefficient (Wildman–Crippen LogP) is 2.32. The quantitative estimate of drug-likeness (QED) is 0.658. The van der Waals surface area contributed by atoms with E-state index in [0.29, 0.717) is 5.82 Å². The second-order valence-electron chi connectivity index (χ2n) is 4.94. The van der Waals surface area contributed by atoms with Gasteiger partial charge in [0, 0.05) is 0 Å². The van der Waals surface area contributed by atoms with Crippen molar-refractivity contribution in [2.24, 2.45) is 4.99 Å². The lowest BCUT2D eigenvalue weighted by Crippen LogP contribution is -2.18. The maximum Gasteiger partial charge on any atom is 0.235 e. The molecule has 1 aromatic carbocycles. The van der Waals surface area contributed by atoms with Gasteiger partial charge < -0.3 is 5.73 Å². The largest absolute Gasteiger partial charge is 0.382 e. The molecule has 0 spiro atoms. The van der Waals surface area contributed by atoms with Crippen LogP contribution in [0.25, 0.3) is 11.0 Å². The number of aliphatic imine (C=N–C) groups is 1. The maximum atomic E-state index is 10.7. The third-order valence-corrected chi connectivity index (χ3v) is 3.79. The molecule has 1 fully saturated rings. The molecule has 19 heavy (non-hydrogen) atoms. The molecule has 0 saturated heterocycles. The average Bonchev–Trinajstić information content (AvgIpc) is 2.88. The van der Waals surface area contributed by atoms with Crippen LogP contribution in [-0.2, 0) is 10.3 Å². The molecule has 1 heterocycles. The highest BCUT2D eigenvalue weighted by atomic mass is 16.1. The number of nitrogens with two attached hydrogens (primary N) is 1. The van der Waals surface area contributed by atoms with Gasteiger partial charge in [0.1, 0.15) is 5.82 Å². The Kier molecular flexibility index (Phi) is 2.76. The molecule has 0 amide bonds. The van der Waals surface area contributed by atoms with Crippen molar-refractivity contribution in [3.05, 3.63) is 30.0 Å². The molecular formula is C14H14N4O. The Hall–Kier alpha value is -2.26. The van der Waals surface area contributed by atoms with E-state index >= 15 is 0 Å². The van der Waals surface area contributed by atoms with Gasteiger partial charge in [0.05, 0.1) is 22.8 Å². The first-order valence-electron chi connectivity index (χ1n) is 6.35. The van der Waals surface area contributed by atoms with E-state index in [1.54, 1.807) is 6.08 Å². The number of aromatic nitrogens is 2. The zero-order chi connectivity index (χ0) is 13.3. The van der Waals surface area contributed by atoms with Gasteiger partial charge in [-0.05, 0) is 30.5 Å². The second kappa shape index (κ2) is 4.44. The summed E-state index contributed by atoms with van der Waals surface area (Å²) < 4.78 is 0. The van der Waals surface area contributed by atoms with Crippen molar-refractivity contribution >= 4 is 22.9 Å². The van der Waals surface area contributed by atoms with Crippen LogP contribution in [0.2, 0.25) is 0 Å². The van der Waals surface area contributed by atoms with Crippen molar-refractivity contribution in [3.63, 3.8) is 0 Å². The van der Waals surface area contributed by atoms with Crippen molar-refractivity contribution in [2.75, 3.05) is 5.73 Å². The molecule has 2 aromatic rings. The minimum absolute atomic E-state index is 0.404. The number of fused-ring (bicyclic) bond motifs is 1. The minimum atomic E-state index is -0.418. The van der Waals surface area contributed by atoms with E-state index in [0.717, 1.165) is 42.3 Å². The number of benzene rings is 1. The predicted molar refractivity (Wildman–Crippen MR) is 72.2 cm³/mol. The lowest BCUT2D eigenvalue weighted by Gasteiger charge is -2.22. The van der Waals surface area contributed by atoms with Crippen LogP contribution in [0.15, 0.2) is 29.4 Å². The van der Waals surface area contributed by atoms with Gasteiger partial charge >= 0.3 is 0 Å². The minimum Gasteiger partial charge on any atom is -0.382 e. The van der Waals surface area contributed by atoms with Crippen molar-refractivity contribution in [1.29, 1.82) is 0 Å². The van der Waals surface area contributed by atoms with Crippen LogP contribution >= 0.6 is 0 Å². The lowest BCUT2D eigenvalue weighted by atomic mass is 9.88. The number of nitrogens with zero attached hydrogens (tertiary/aromatic N) is 3. The third-order valence-electron chi connectivity index (χ3n) is 3.79. The number of hydrogen-bond donors (Lipinski definition) is 1. The Morgan fingerprint density at radius 1 is 1.26 bits per heavy atom. The van der Waals surface area contributed by atoms with E-state index in [2.05, 4.69) is 15.0 Å². The van der Waals surface area contributed by atoms with Crippen LogP contribution in [0.5, 0.6) is 0 Å². The number of anilines is 1. The van der Waals surface area contributed by atoms with Gasteiger partial charge in [0.15, 0.2) is 0 Å².